The third-order valence-corrected chi connectivity index (χ3v) is 3.89. The number of hydrogen-bond donors (Lipinski definition) is 1. The SMILES string of the molecule is CC(C)CC(C)N(C)C(=O)[C@@H]1Cc2ccccc2N1. The molecule has 1 aliphatic heterocycles. The number of hydrogen-bond acceptors (Lipinski definition) is 2. The van der Waals surface area contributed by atoms with Crippen LogP contribution in [0.5, 0.6) is 0 Å². The number of nitrogens with zero attached hydrogens (tertiary/aromatic N) is 1. The van der Waals surface area contributed by atoms with Crippen LogP contribution in [0.4, 0.5) is 5.69 Å². The summed E-state index contributed by atoms with van der Waals surface area (Å²) < 4.78 is 0. The summed E-state index contributed by atoms with van der Waals surface area (Å²) in [6, 6.07) is 8.35. The standard InChI is InChI=1S/C16H24N2O/c1-11(2)9-12(3)18(4)16(19)15-10-13-7-5-6-8-14(13)17-15/h5-8,11-12,15,17H,9-10H2,1-4H3/t12?,15-/m0/s1. The minimum Gasteiger partial charge on any atom is -0.373 e. The molecule has 0 radical (unpaired) electrons. The van der Waals surface area contributed by atoms with Gasteiger partial charge in [0.1, 0.15) is 6.04 Å². The molecule has 2 rings (SSSR count). The van der Waals surface area contributed by atoms with E-state index in [1.165, 1.54) is 5.56 Å². The molecule has 104 valence electrons. The first-order valence-corrected chi connectivity index (χ1v) is 7.10. The topological polar surface area (TPSA) is 32.3 Å². The van der Waals surface area contributed by atoms with Gasteiger partial charge in [0.25, 0.3) is 0 Å². The quantitative estimate of drug-likeness (QED) is 0.902. The Morgan fingerprint density at radius 3 is 2.68 bits per heavy atom. The van der Waals surface area contributed by atoms with Crippen LogP contribution in [0.2, 0.25) is 0 Å². The summed E-state index contributed by atoms with van der Waals surface area (Å²) in [7, 11) is 1.92. The van der Waals surface area contributed by atoms with Crippen LogP contribution in [0.15, 0.2) is 24.3 Å². The second-order valence-electron chi connectivity index (χ2n) is 5.99. The molecule has 3 nitrogen and oxygen atoms in total. The van der Waals surface area contributed by atoms with E-state index in [1.54, 1.807) is 0 Å². The molecule has 0 fully saturated rings. The van der Waals surface area contributed by atoms with Crippen molar-refractivity contribution < 1.29 is 4.79 Å². The van der Waals surface area contributed by atoms with E-state index in [-0.39, 0.29) is 18.0 Å². The van der Waals surface area contributed by atoms with Crippen LogP contribution in [0.1, 0.15) is 32.8 Å². The first-order valence-electron chi connectivity index (χ1n) is 7.10. The van der Waals surface area contributed by atoms with E-state index >= 15 is 0 Å². The summed E-state index contributed by atoms with van der Waals surface area (Å²) in [6.07, 6.45) is 1.84. The van der Waals surface area contributed by atoms with Gasteiger partial charge in [-0.05, 0) is 30.9 Å². The zero-order valence-corrected chi connectivity index (χ0v) is 12.3. The van der Waals surface area contributed by atoms with Gasteiger partial charge in [0.2, 0.25) is 5.91 Å². The van der Waals surface area contributed by atoms with Gasteiger partial charge in [-0.1, -0.05) is 32.0 Å². The molecule has 0 saturated carbocycles. The van der Waals surface area contributed by atoms with Gasteiger partial charge in [0, 0.05) is 25.2 Å². The van der Waals surface area contributed by atoms with E-state index in [9.17, 15) is 4.79 Å². The van der Waals surface area contributed by atoms with Crippen LogP contribution >= 0.6 is 0 Å². The number of rotatable bonds is 4. The lowest BCUT2D eigenvalue weighted by molar-refractivity contribution is -0.132. The molecule has 1 heterocycles. The van der Waals surface area contributed by atoms with Crippen molar-refractivity contribution in [2.24, 2.45) is 5.92 Å². The van der Waals surface area contributed by atoms with Crippen molar-refractivity contribution >= 4 is 11.6 Å². The van der Waals surface area contributed by atoms with Crippen LogP contribution in [0.3, 0.4) is 0 Å². The maximum absolute atomic E-state index is 12.5. The van der Waals surface area contributed by atoms with Crippen LogP contribution in [0, 0.1) is 5.92 Å². The van der Waals surface area contributed by atoms with E-state index in [2.05, 4.69) is 32.2 Å². The molecule has 1 amide bonds. The lowest BCUT2D eigenvalue weighted by Gasteiger charge is -2.28. The average Bonchev–Trinajstić information content (AvgIpc) is 2.79. The van der Waals surface area contributed by atoms with Crippen molar-refractivity contribution in [2.45, 2.75) is 45.7 Å². The van der Waals surface area contributed by atoms with Crippen LogP contribution < -0.4 is 5.32 Å². The van der Waals surface area contributed by atoms with E-state index in [4.69, 9.17) is 0 Å². The first kappa shape index (κ1) is 13.9. The van der Waals surface area contributed by atoms with Gasteiger partial charge < -0.3 is 10.2 Å². The molecular formula is C16H24N2O. The van der Waals surface area contributed by atoms with Crippen molar-refractivity contribution in [3.8, 4) is 0 Å². The van der Waals surface area contributed by atoms with Crippen LogP contribution in [-0.2, 0) is 11.2 Å². The van der Waals surface area contributed by atoms with Crippen molar-refractivity contribution in [1.29, 1.82) is 0 Å². The van der Waals surface area contributed by atoms with Gasteiger partial charge in [-0.15, -0.1) is 0 Å². The summed E-state index contributed by atoms with van der Waals surface area (Å²) in [5.74, 6) is 0.809. The van der Waals surface area contributed by atoms with Gasteiger partial charge in [-0.25, -0.2) is 0 Å². The van der Waals surface area contributed by atoms with Crippen LogP contribution in [0.25, 0.3) is 0 Å². The zero-order chi connectivity index (χ0) is 14.0. The van der Waals surface area contributed by atoms with E-state index < -0.39 is 0 Å². The maximum atomic E-state index is 12.5. The van der Waals surface area contributed by atoms with E-state index in [0.29, 0.717) is 5.92 Å². The molecule has 1 aromatic rings. The minimum atomic E-state index is -0.1000. The summed E-state index contributed by atoms with van der Waals surface area (Å²) in [5, 5.41) is 3.33. The molecule has 0 bridgehead atoms. The zero-order valence-electron chi connectivity index (χ0n) is 12.3. The molecule has 0 aliphatic carbocycles. The molecule has 0 saturated heterocycles. The molecule has 2 atom stereocenters. The number of amides is 1. The number of benzene rings is 1. The fraction of sp³-hybridized carbons (Fsp3) is 0.562. The van der Waals surface area contributed by atoms with E-state index in [1.807, 2.05) is 30.1 Å². The third kappa shape index (κ3) is 3.09. The highest BCUT2D eigenvalue weighted by Crippen LogP contribution is 2.26. The molecule has 1 N–H and O–H groups in total. The first-order chi connectivity index (χ1) is 8.99. The molecule has 0 spiro atoms. The Balaban J connectivity index is 1.99. The Kier molecular flexibility index (Phi) is 4.13. The fourth-order valence-electron chi connectivity index (χ4n) is 2.75. The second-order valence-corrected chi connectivity index (χ2v) is 5.99. The van der Waals surface area contributed by atoms with Crippen molar-refractivity contribution in [1.82, 2.24) is 4.90 Å². The molecule has 0 aromatic heterocycles. The highest BCUT2D eigenvalue weighted by molar-refractivity contribution is 5.87. The Morgan fingerprint density at radius 2 is 2.05 bits per heavy atom. The Morgan fingerprint density at radius 1 is 1.37 bits per heavy atom. The summed E-state index contributed by atoms with van der Waals surface area (Å²) >= 11 is 0. The molecular weight excluding hydrogens is 236 g/mol. The molecule has 1 aliphatic rings. The average molecular weight is 260 g/mol. The van der Waals surface area contributed by atoms with Gasteiger partial charge in [-0.3, -0.25) is 4.79 Å². The number of nitrogens with one attached hydrogen (secondary N) is 1. The Labute approximate surface area is 116 Å². The molecule has 1 aromatic carbocycles. The maximum Gasteiger partial charge on any atom is 0.245 e. The molecule has 1 unspecified atom stereocenters. The number of fused-ring (bicyclic) bond motifs is 1. The monoisotopic (exact) mass is 260 g/mol. The summed E-state index contributed by atoms with van der Waals surface area (Å²) in [6.45, 7) is 6.51. The van der Waals surface area contributed by atoms with Crippen molar-refractivity contribution in [2.75, 3.05) is 12.4 Å². The smallest absolute Gasteiger partial charge is 0.245 e. The Bertz CT molecular complexity index is 431. The third-order valence-electron chi connectivity index (χ3n) is 3.89. The van der Waals surface area contributed by atoms with Gasteiger partial charge in [0.15, 0.2) is 0 Å². The number of carbonyl (C=O) groups is 1. The molecule has 3 heteroatoms. The number of likely N-dealkylation sites (N-methyl/N-ethyl adjacent to an activating group) is 1. The predicted molar refractivity (Wildman–Crippen MR) is 79.2 cm³/mol. The fourth-order valence-corrected chi connectivity index (χ4v) is 2.75. The largest absolute Gasteiger partial charge is 0.373 e. The highest BCUT2D eigenvalue weighted by Gasteiger charge is 2.30. The van der Waals surface area contributed by atoms with Crippen molar-refractivity contribution in [3.05, 3.63) is 29.8 Å². The highest BCUT2D eigenvalue weighted by atomic mass is 16.2. The van der Waals surface area contributed by atoms with E-state index in [0.717, 1.165) is 18.5 Å². The lowest BCUT2D eigenvalue weighted by Crippen LogP contribution is -2.44. The van der Waals surface area contributed by atoms with Gasteiger partial charge in [0.05, 0.1) is 0 Å². The van der Waals surface area contributed by atoms with Gasteiger partial charge in [-0.2, -0.15) is 0 Å². The number of para-hydroxylation sites is 1. The normalized spacial score (nSPS) is 18.9. The van der Waals surface area contributed by atoms with Gasteiger partial charge >= 0.3 is 0 Å². The lowest BCUT2D eigenvalue weighted by atomic mass is 10.0. The second kappa shape index (κ2) is 5.64. The van der Waals surface area contributed by atoms with Crippen molar-refractivity contribution in [3.63, 3.8) is 0 Å². The minimum absolute atomic E-state index is 0.1000. The molecule has 19 heavy (non-hydrogen) atoms. The number of anilines is 1. The predicted octanol–water partition coefficient (Wildman–Crippen LogP) is 2.92. The number of carbonyl (C=O) groups excluding carboxylic acids is 1. The Hall–Kier alpha value is -1.51. The van der Waals surface area contributed by atoms with Crippen LogP contribution in [-0.4, -0.2) is 29.9 Å². The summed E-state index contributed by atoms with van der Waals surface area (Å²) in [4.78, 5) is 14.4. The summed E-state index contributed by atoms with van der Waals surface area (Å²) in [5.41, 5.74) is 2.34.